The standard InChI is InChI=1S/C23H26N8O4/c1-14-17(9-15-7-5-4-6-8-15)23(32)35-19-11-16(33-12-20-24-28-30(2)26-20)10-18(22(14)19)34-13-21-25-29-31(3)27-21/h4-8,10-11,28-29H,9,12-13H2,1-3H3,(H,24,26)(H,25,27). The molecular formula is C23H26N8O4. The van der Waals surface area contributed by atoms with Crippen molar-refractivity contribution >= 4 is 22.6 Å². The minimum Gasteiger partial charge on any atom is -0.485 e. The minimum absolute atomic E-state index is 0.172. The van der Waals surface area contributed by atoms with Gasteiger partial charge in [0.1, 0.15) is 30.3 Å². The molecule has 0 aliphatic carbocycles. The molecule has 0 spiro atoms. The van der Waals surface area contributed by atoms with E-state index in [1.165, 1.54) is 0 Å². The van der Waals surface area contributed by atoms with E-state index in [1.807, 2.05) is 37.3 Å². The molecule has 3 heterocycles. The molecule has 12 heteroatoms. The van der Waals surface area contributed by atoms with Gasteiger partial charge in [-0.25, -0.2) is 15.9 Å². The van der Waals surface area contributed by atoms with Crippen molar-refractivity contribution in [2.45, 2.75) is 13.3 Å². The zero-order chi connectivity index (χ0) is 24.4. The van der Waals surface area contributed by atoms with Crippen LogP contribution in [-0.4, -0.2) is 49.2 Å². The molecule has 0 bridgehead atoms. The van der Waals surface area contributed by atoms with Gasteiger partial charge >= 0.3 is 5.63 Å². The van der Waals surface area contributed by atoms with E-state index in [4.69, 9.17) is 13.9 Å². The van der Waals surface area contributed by atoms with E-state index in [-0.39, 0.29) is 18.8 Å². The second-order valence-corrected chi connectivity index (χ2v) is 8.19. The number of fused-ring (bicyclic) bond motifs is 1. The molecule has 1 aromatic heterocycles. The zero-order valence-electron chi connectivity index (χ0n) is 19.6. The topological polar surface area (TPSA) is 128 Å². The molecule has 12 nitrogen and oxygen atoms in total. The van der Waals surface area contributed by atoms with Gasteiger partial charge in [-0.2, -0.15) is 0 Å². The van der Waals surface area contributed by atoms with E-state index >= 15 is 0 Å². The Labute approximate surface area is 201 Å². The summed E-state index contributed by atoms with van der Waals surface area (Å²) in [6.07, 6.45) is 0.456. The molecule has 35 heavy (non-hydrogen) atoms. The number of amidine groups is 2. The van der Waals surface area contributed by atoms with Crippen LogP contribution in [0.2, 0.25) is 0 Å². The monoisotopic (exact) mass is 478 g/mol. The fourth-order valence-corrected chi connectivity index (χ4v) is 3.87. The average molecular weight is 479 g/mol. The maximum Gasteiger partial charge on any atom is 0.340 e. The Hall–Kier alpha value is -4.29. The third-order valence-electron chi connectivity index (χ3n) is 5.54. The lowest BCUT2D eigenvalue weighted by atomic mass is 9.99. The van der Waals surface area contributed by atoms with E-state index < -0.39 is 0 Å². The lowest BCUT2D eigenvalue weighted by Gasteiger charge is -2.16. The van der Waals surface area contributed by atoms with Crippen molar-refractivity contribution in [1.82, 2.24) is 32.2 Å². The van der Waals surface area contributed by atoms with Crippen LogP contribution in [-0.2, 0) is 6.42 Å². The lowest BCUT2D eigenvalue weighted by Crippen LogP contribution is -2.39. The molecule has 2 aliphatic rings. The summed E-state index contributed by atoms with van der Waals surface area (Å²) in [5, 5.41) is 12.2. The number of nitrogens with zero attached hydrogens (tertiary/aromatic N) is 4. The molecule has 2 aromatic carbocycles. The summed E-state index contributed by atoms with van der Waals surface area (Å²) < 4.78 is 17.8. The number of rotatable bonds is 8. The van der Waals surface area contributed by atoms with Crippen LogP contribution in [0.4, 0.5) is 0 Å². The number of hydrazine groups is 4. The van der Waals surface area contributed by atoms with Gasteiger partial charge in [0, 0.05) is 38.2 Å². The first-order valence-electron chi connectivity index (χ1n) is 11.0. The Morgan fingerprint density at radius 1 is 0.943 bits per heavy atom. The van der Waals surface area contributed by atoms with E-state index in [1.54, 1.807) is 36.5 Å². The van der Waals surface area contributed by atoms with Crippen molar-refractivity contribution in [2.24, 2.45) is 10.2 Å². The number of ether oxygens (including phenoxy) is 2. The van der Waals surface area contributed by atoms with Gasteiger partial charge in [0.2, 0.25) is 0 Å². The van der Waals surface area contributed by atoms with Crippen LogP contribution in [0.1, 0.15) is 16.7 Å². The maximum atomic E-state index is 13.0. The third-order valence-corrected chi connectivity index (χ3v) is 5.54. The molecule has 3 aromatic rings. The molecule has 0 atom stereocenters. The fourth-order valence-electron chi connectivity index (χ4n) is 3.87. The van der Waals surface area contributed by atoms with Crippen LogP contribution in [0.15, 0.2) is 61.9 Å². The highest BCUT2D eigenvalue weighted by atomic mass is 16.5. The highest BCUT2D eigenvalue weighted by molar-refractivity contribution is 5.90. The molecule has 0 saturated heterocycles. The van der Waals surface area contributed by atoms with Gasteiger partial charge in [0.05, 0.1) is 5.39 Å². The normalized spacial score (nSPS) is 15.6. The highest BCUT2D eigenvalue weighted by Crippen LogP contribution is 2.34. The van der Waals surface area contributed by atoms with E-state index in [0.29, 0.717) is 46.1 Å². The smallest absolute Gasteiger partial charge is 0.340 e. The molecule has 0 unspecified atom stereocenters. The minimum atomic E-state index is -0.387. The fraction of sp³-hybridized carbons (Fsp3) is 0.261. The van der Waals surface area contributed by atoms with Gasteiger partial charge in [-0.3, -0.25) is 10.9 Å². The van der Waals surface area contributed by atoms with Gasteiger partial charge < -0.3 is 13.9 Å². The first-order chi connectivity index (χ1) is 17.0. The molecule has 5 rings (SSSR count). The van der Waals surface area contributed by atoms with Crippen molar-refractivity contribution in [1.29, 1.82) is 0 Å². The Balaban J connectivity index is 1.50. The number of hydrogen-bond acceptors (Lipinski definition) is 12. The summed E-state index contributed by atoms with van der Waals surface area (Å²) in [4.78, 5) is 13.0. The first-order valence-corrected chi connectivity index (χ1v) is 11.0. The van der Waals surface area contributed by atoms with Gasteiger partial charge in [-0.1, -0.05) is 30.3 Å². The third kappa shape index (κ3) is 4.98. The van der Waals surface area contributed by atoms with Crippen molar-refractivity contribution in [3.8, 4) is 11.5 Å². The van der Waals surface area contributed by atoms with E-state index in [2.05, 4.69) is 32.1 Å². The van der Waals surface area contributed by atoms with Crippen LogP contribution < -0.4 is 37.0 Å². The Bertz CT molecular complexity index is 1360. The van der Waals surface area contributed by atoms with Gasteiger partial charge in [-0.15, -0.1) is 20.4 Å². The SMILES string of the molecule is Cc1c(Cc2ccccc2)c(=O)oc2cc(OCC3=NNN(C)N3)cc(OCC3=NNN(C)N3)c12. The van der Waals surface area contributed by atoms with Gasteiger partial charge in [0.25, 0.3) is 0 Å². The Morgan fingerprint density at radius 3 is 2.23 bits per heavy atom. The van der Waals surface area contributed by atoms with Gasteiger partial charge in [-0.05, 0) is 18.1 Å². The van der Waals surface area contributed by atoms with Crippen LogP contribution in [0.3, 0.4) is 0 Å². The predicted molar refractivity (Wildman–Crippen MR) is 130 cm³/mol. The number of aryl methyl sites for hydroxylation is 1. The molecule has 0 fully saturated rings. The lowest BCUT2D eigenvalue weighted by molar-refractivity contribution is 0.228. The van der Waals surface area contributed by atoms with Crippen molar-refractivity contribution in [3.05, 3.63) is 69.6 Å². The summed E-state index contributed by atoms with van der Waals surface area (Å²) in [5.41, 5.74) is 14.0. The summed E-state index contributed by atoms with van der Waals surface area (Å²) in [6.45, 7) is 2.26. The van der Waals surface area contributed by atoms with Gasteiger partial charge in [0.15, 0.2) is 11.7 Å². The molecule has 2 aliphatic heterocycles. The van der Waals surface area contributed by atoms with E-state index in [0.717, 1.165) is 11.1 Å². The quantitative estimate of drug-likeness (QED) is 0.348. The molecular weight excluding hydrogens is 452 g/mol. The summed E-state index contributed by atoms with van der Waals surface area (Å²) in [7, 11) is 3.58. The second-order valence-electron chi connectivity index (χ2n) is 8.19. The van der Waals surface area contributed by atoms with Crippen LogP contribution in [0, 0.1) is 6.92 Å². The number of nitrogens with one attached hydrogen (secondary N) is 4. The number of hydrazone groups is 2. The zero-order valence-corrected chi connectivity index (χ0v) is 19.6. The molecule has 4 N–H and O–H groups in total. The summed E-state index contributed by atoms with van der Waals surface area (Å²) in [5.74, 6) is 2.19. The Morgan fingerprint density at radius 2 is 1.60 bits per heavy atom. The van der Waals surface area contributed by atoms with Crippen LogP contribution in [0.25, 0.3) is 11.0 Å². The average Bonchev–Trinajstić information content (AvgIpc) is 3.46. The molecule has 182 valence electrons. The Kier molecular flexibility index (Phi) is 6.12. The van der Waals surface area contributed by atoms with Crippen molar-refractivity contribution in [2.75, 3.05) is 27.3 Å². The molecule has 0 radical (unpaired) electrons. The largest absolute Gasteiger partial charge is 0.485 e. The number of benzene rings is 2. The number of hydrogen-bond donors (Lipinski definition) is 4. The van der Waals surface area contributed by atoms with Crippen molar-refractivity contribution in [3.63, 3.8) is 0 Å². The highest BCUT2D eigenvalue weighted by Gasteiger charge is 2.20. The van der Waals surface area contributed by atoms with Crippen LogP contribution in [0.5, 0.6) is 11.5 Å². The van der Waals surface area contributed by atoms with Crippen molar-refractivity contribution < 1.29 is 13.9 Å². The summed E-state index contributed by atoms with van der Waals surface area (Å²) >= 11 is 0. The van der Waals surface area contributed by atoms with Crippen LogP contribution >= 0.6 is 0 Å². The summed E-state index contributed by atoms with van der Waals surface area (Å²) in [6, 6.07) is 13.3. The van der Waals surface area contributed by atoms with E-state index in [9.17, 15) is 4.79 Å². The molecule has 0 amide bonds. The predicted octanol–water partition coefficient (Wildman–Crippen LogP) is 0.986. The maximum absolute atomic E-state index is 13.0. The first kappa shape index (κ1) is 22.5. The molecule has 0 saturated carbocycles. The second kappa shape index (κ2) is 9.52.